The number of amides is 1. The van der Waals surface area contributed by atoms with Crippen LogP contribution in [0.4, 0.5) is 5.82 Å². The number of piperidine rings is 1. The van der Waals surface area contributed by atoms with E-state index in [0.717, 1.165) is 94.0 Å². The van der Waals surface area contributed by atoms with Crippen molar-refractivity contribution in [3.05, 3.63) is 47.2 Å². The Morgan fingerprint density at radius 3 is 2.69 bits per heavy atom. The monoisotopic (exact) mass is 433 g/mol. The van der Waals surface area contributed by atoms with Crippen LogP contribution < -0.4 is 4.90 Å². The molecule has 3 aliphatic rings. The highest BCUT2D eigenvalue weighted by atomic mass is 16.2. The Balaban J connectivity index is 1.40. The Kier molecular flexibility index (Phi) is 6.37. The van der Waals surface area contributed by atoms with Crippen molar-refractivity contribution in [1.29, 1.82) is 0 Å². The number of anilines is 1. The van der Waals surface area contributed by atoms with Crippen molar-refractivity contribution in [2.75, 3.05) is 24.5 Å². The highest BCUT2D eigenvalue weighted by Crippen LogP contribution is 2.36. The van der Waals surface area contributed by atoms with E-state index >= 15 is 0 Å². The fourth-order valence-corrected chi connectivity index (χ4v) is 5.74. The fourth-order valence-electron chi connectivity index (χ4n) is 5.74. The molecule has 0 spiro atoms. The van der Waals surface area contributed by atoms with Crippen molar-refractivity contribution in [2.24, 2.45) is 5.92 Å². The van der Waals surface area contributed by atoms with Crippen LogP contribution in [0.1, 0.15) is 80.2 Å². The van der Waals surface area contributed by atoms with Gasteiger partial charge in [-0.2, -0.15) is 0 Å². The molecule has 1 amide bonds. The summed E-state index contributed by atoms with van der Waals surface area (Å²) < 4.78 is 0. The molecule has 0 unspecified atom stereocenters. The second-order valence-corrected chi connectivity index (χ2v) is 9.66. The van der Waals surface area contributed by atoms with Crippen molar-refractivity contribution in [2.45, 2.75) is 77.2 Å². The Hall–Kier alpha value is -2.50. The van der Waals surface area contributed by atoms with E-state index in [-0.39, 0.29) is 12.0 Å². The summed E-state index contributed by atoms with van der Waals surface area (Å²) in [5.74, 6) is 2.51. The topological polar surface area (TPSA) is 62.2 Å². The predicted molar refractivity (Wildman–Crippen MR) is 126 cm³/mol. The first-order valence-corrected chi connectivity index (χ1v) is 12.5. The van der Waals surface area contributed by atoms with Gasteiger partial charge in [-0.1, -0.05) is 18.9 Å². The van der Waals surface area contributed by atoms with Gasteiger partial charge >= 0.3 is 0 Å². The number of carbonyl (C=O) groups is 1. The van der Waals surface area contributed by atoms with E-state index in [1.165, 1.54) is 18.4 Å². The van der Waals surface area contributed by atoms with Crippen LogP contribution in [0.5, 0.6) is 0 Å². The number of hydrogen-bond acceptors (Lipinski definition) is 5. The fraction of sp³-hybridized carbons (Fsp3) is 0.615. The first-order chi connectivity index (χ1) is 15.7. The molecule has 1 saturated heterocycles. The smallest absolute Gasteiger partial charge is 0.226 e. The van der Waals surface area contributed by atoms with Gasteiger partial charge < -0.3 is 9.80 Å². The summed E-state index contributed by atoms with van der Waals surface area (Å²) in [6.07, 6.45) is 12.6. The molecule has 0 bridgehead atoms. The normalized spacial score (nSPS) is 21.6. The Labute approximate surface area is 191 Å². The largest absolute Gasteiger partial charge is 0.356 e. The summed E-state index contributed by atoms with van der Waals surface area (Å²) in [6.45, 7) is 4.90. The first kappa shape index (κ1) is 21.4. The lowest BCUT2D eigenvalue weighted by Gasteiger charge is -2.38. The highest BCUT2D eigenvalue weighted by molar-refractivity contribution is 5.79. The molecular formula is C26H35N5O. The number of pyridine rings is 1. The average molecular weight is 434 g/mol. The van der Waals surface area contributed by atoms with Crippen molar-refractivity contribution in [3.8, 4) is 0 Å². The van der Waals surface area contributed by atoms with E-state index in [1.54, 1.807) is 0 Å². The molecular weight excluding hydrogens is 398 g/mol. The number of aryl methyl sites for hydroxylation is 1. The molecule has 4 heterocycles. The summed E-state index contributed by atoms with van der Waals surface area (Å²) in [5.41, 5.74) is 3.49. The van der Waals surface area contributed by atoms with Gasteiger partial charge in [0.05, 0.1) is 6.04 Å². The van der Waals surface area contributed by atoms with Crippen molar-refractivity contribution < 1.29 is 4.79 Å². The number of carbonyl (C=O) groups excluding carboxylic acids is 1. The maximum absolute atomic E-state index is 13.3. The lowest BCUT2D eigenvalue weighted by molar-refractivity contribution is -0.139. The standard InChI is InChI=1S/C26H35N5O/c1-19-22-12-8-16-30(18-14-21-11-4-6-15-27-21)25(22)29-24(28-19)23-13-5-7-17-31(23)26(32)20-9-2-3-10-20/h4,6,11,15,20,23H,2-3,5,7-10,12-14,16-18H2,1H3/t23-/m1/s1. The molecule has 2 aromatic heterocycles. The van der Waals surface area contributed by atoms with E-state index in [2.05, 4.69) is 33.8 Å². The summed E-state index contributed by atoms with van der Waals surface area (Å²) in [5, 5.41) is 0. The summed E-state index contributed by atoms with van der Waals surface area (Å²) in [7, 11) is 0. The zero-order valence-corrected chi connectivity index (χ0v) is 19.3. The Bertz CT molecular complexity index is 941. The molecule has 1 atom stereocenters. The van der Waals surface area contributed by atoms with Gasteiger partial charge in [0.1, 0.15) is 5.82 Å². The van der Waals surface area contributed by atoms with E-state index in [0.29, 0.717) is 5.91 Å². The Morgan fingerprint density at radius 2 is 1.88 bits per heavy atom. The van der Waals surface area contributed by atoms with Crippen LogP contribution in [0.25, 0.3) is 0 Å². The van der Waals surface area contributed by atoms with E-state index in [1.807, 2.05) is 12.3 Å². The molecule has 1 aliphatic carbocycles. The molecule has 5 rings (SSSR count). The number of aromatic nitrogens is 3. The molecule has 1 saturated carbocycles. The van der Waals surface area contributed by atoms with Gasteiger partial charge in [0.25, 0.3) is 0 Å². The minimum atomic E-state index is 0.0282. The van der Waals surface area contributed by atoms with E-state index in [9.17, 15) is 4.79 Å². The van der Waals surface area contributed by atoms with Crippen molar-refractivity contribution in [1.82, 2.24) is 19.9 Å². The average Bonchev–Trinajstić information content (AvgIpc) is 3.38. The Morgan fingerprint density at radius 1 is 1.03 bits per heavy atom. The molecule has 170 valence electrons. The number of nitrogens with zero attached hydrogens (tertiary/aromatic N) is 5. The van der Waals surface area contributed by atoms with Crippen LogP contribution in [0.3, 0.4) is 0 Å². The third kappa shape index (κ3) is 4.37. The zero-order valence-electron chi connectivity index (χ0n) is 19.3. The summed E-state index contributed by atoms with van der Waals surface area (Å²) >= 11 is 0. The summed E-state index contributed by atoms with van der Waals surface area (Å²) in [4.78, 5) is 32.5. The predicted octanol–water partition coefficient (Wildman–Crippen LogP) is 4.42. The second kappa shape index (κ2) is 9.55. The molecule has 0 aromatic carbocycles. The lowest BCUT2D eigenvalue weighted by Crippen LogP contribution is -2.42. The molecule has 2 fully saturated rings. The van der Waals surface area contributed by atoms with Gasteiger partial charge in [0.15, 0.2) is 5.82 Å². The van der Waals surface area contributed by atoms with Gasteiger partial charge in [-0.3, -0.25) is 9.78 Å². The van der Waals surface area contributed by atoms with Crippen LogP contribution in [0.15, 0.2) is 24.4 Å². The molecule has 32 heavy (non-hydrogen) atoms. The van der Waals surface area contributed by atoms with E-state index in [4.69, 9.17) is 9.97 Å². The number of rotatable bonds is 5. The van der Waals surface area contributed by atoms with Crippen molar-refractivity contribution in [3.63, 3.8) is 0 Å². The van der Waals surface area contributed by atoms with Gasteiger partial charge in [-0.15, -0.1) is 0 Å². The zero-order chi connectivity index (χ0) is 21.9. The van der Waals surface area contributed by atoms with Gasteiger partial charge in [-0.05, 0) is 64.0 Å². The summed E-state index contributed by atoms with van der Waals surface area (Å²) in [6, 6.07) is 6.14. The molecule has 0 N–H and O–H groups in total. The van der Waals surface area contributed by atoms with Crippen LogP contribution in [0.2, 0.25) is 0 Å². The lowest BCUT2D eigenvalue weighted by atomic mass is 9.97. The second-order valence-electron chi connectivity index (χ2n) is 9.66. The van der Waals surface area contributed by atoms with Crippen LogP contribution in [-0.2, 0) is 17.6 Å². The number of likely N-dealkylation sites (tertiary alicyclic amines) is 1. The quantitative estimate of drug-likeness (QED) is 0.699. The maximum Gasteiger partial charge on any atom is 0.226 e. The minimum Gasteiger partial charge on any atom is -0.356 e. The molecule has 6 heteroatoms. The SMILES string of the molecule is Cc1nc([C@H]2CCCCN2C(=O)C2CCCC2)nc2c1CCCN2CCc1ccccn1. The van der Waals surface area contributed by atoms with Crippen LogP contribution in [0, 0.1) is 12.8 Å². The van der Waals surface area contributed by atoms with Gasteiger partial charge in [0.2, 0.25) is 5.91 Å². The van der Waals surface area contributed by atoms with Gasteiger partial charge in [0, 0.05) is 55.1 Å². The molecule has 2 aromatic rings. The van der Waals surface area contributed by atoms with Crippen LogP contribution in [-0.4, -0.2) is 45.4 Å². The minimum absolute atomic E-state index is 0.0282. The third-order valence-corrected chi connectivity index (χ3v) is 7.52. The van der Waals surface area contributed by atoms with Crippen LogP contribution >= 0.6 is 0 Å². The number of hydrogen-bond donors (Lipinski definition) is 0. The molecule has 0 radical (unpaired) electrons. The van der Waals surface area contributed by atoms with Crippen molar-refractivity contribution >= 4 is 11.7 Å². The first-order valence-electron chi connectivity index (χ1n) is 12.5. The van der Waals surface area contributed by atoms with Gasteiger partial charge in [-0.25, -0.2) is 9.97 Å². The molecule has 2 aliphatic heterocycles. The maximum atomic E-state index is 13.3. The number of fused-ring (bicyclic) bond motifs is 1. The van der Waals surface area contributed by atoms with E-state index < -0.39 is 0 Å². The highest BCUT2D eigenvalue weighted by Gasteiger charge is 2.36. The molecule has 6 nitrogen and oxygen atoms in total. The third-order valence-electron chi connectivity index (χ3n) is 7.52.